The first kappa shape index (κ1) is 20.0. The van der Waals surface area contributed by atoms with Crippen LogP contribution in [0.2, 0.25) is 0 Å². The van der Waals surface area contributed by atoms with E-state index in [-0.39, 0.29) is 17.2 Å². The van der Waals surface area contributed by atoms with Crippen LogP contribution in [0.1, 0.15) is 30.4 Å². The van der Waals surface area contributed by atoms with Gasteiger partial charge in [0.25, 0.3) is 0 Å². The molecule has 1 aliphatic rings. The molecule has 1 amide bonds. The Morgan fingerprint density at radius 3 is 2.56 bits per heavy atom. The number of nitrogens with zero attached hydrogens (tertiary/aromatic N) is 1. The van der Waals surface area contributed by atoms with Crippen LogP contribution in [0.3, 0.4) is 0 Å². The molecule has 2 aromatic rings. The highest BCUT2D eigenvalue weighted by Gasteiger charge is 2.27. The molecule has 1 N–H and O–H groups in total. The number of halogens is 1. The van der Waals surface area contributed by atoms with Crippen molar-refractivity contribution in [3.8, 4) is 0 Å². The predicted octanol–water partition coefficient (Wildman–Crippen LogP) is 4.11. The summed E-state index contributed by atoms with van der Waals surface area (Å²) in [5.74, 6) is -0.182. The summed E-state index contributed by atoms with van der Waals surface area (Å²) in [6.07, 6.45) is 3.07. The van der Waals surface area contributed by atoms with E-state index in [4.69, 9.17) is 0 Å². The highest BCUT2D eigenvalue weighted by atomic mass is 79.9. The van der Waals surface area contributed by atoms with Gasteiger partial charge >= 0.3 is 0 Å². The quantitative estimate of drug-likeness (QED) is 0.744. The number of carbonyl (C=O) groups excluding carboxylic acids is 1. The van der Waals surface area contributed by atoms with E-state index in [1.165, 1.54) is 0 Å². The maximum Gasteiger partial charge on any atom is 0.243 e. The van der Waals surface area contributed by atoms with Gasteiger partial charge in [-0.3, -0.25) is 4.79 Å². The lowest BCUT2D eigenvalue weighted by Crippen LogP contribution is -2.36. The van der Waals surface area contributed by atoms with Crippen LogP contribution >= 0.6 is 15.9 Å². The number of piperidine rings is 1. The molecule has 0 saturated carbocycles. The third kappa shape index (κ3) is 4.97. The third-order valence-corrected chi connectivity index (χ3v) is 7.19. The first-order valence-electron chi connectivity index (χ1n) is 9.01. The molecule has 0 aliphatic carbocycles. The maximum atomic E-state index is 13.0. The van der Waals surface area contributed by atoms with Gasteiger partial charge in [0.1, 0.15) is 0 Å². The molecule has 0 bridgehead atoms. The number of hydrogen-bond donors (Lipinski definition) is 1. The summed E-state index contributed by atoms with van der Waals surface area (Å²) in [5, 5.41) is 2.82. The smallest absolute Gasteiger partial charge is 0.243 e. The molecule has 0 unspecified atom stereocenters. The molecule has 1 saturated heterocycles. The number of amides is 1. The molecule has 2 aromatic carbocycles. The highest BCUT2D eigenvalue weighted by Crippen LogP contribution is 2.26. The van der Waals surface area contributed by atoms with E-state index in [1.54, 1.807) is 29.4 Å². The second kappa shape index (κ2) is 8.54. The lowest BCUT2D eigenvalue weighted by Gasteiger charge is -2.26. The van der Waals surface area contributed by atoms with Crippen molar-refractivity contribution in [2.75, 3.05) is 18.4 Å². The molecular weight excluding hydrogens is 428 g/mol. The van der Waals surface area contributed by atoms with Crippen LogP contribution in [0.15, 0.2) is 51.8 Å². The number of nitrogens with one attached hydrogen (secondary N) is 1. The van der Waals surface area contributed by atoms with Crippen molar-refractivity contribution in [3.63, 3.8) is 0 Å². The van der Waals surface area contributed by atoms with E-state index in [0.717, 1.165) is 29.3 Å². The minimum Gasteiger partial charge on any atom is -0.326 e. The number of hydrogen-bond acceptors (Lipinski definition) is 3. The van der Waals surface area contributed by atoms with Crippen LogP contribution < -0.4 is 5.32 Å². The van der Waals surface area contributed by atoms with E-state index in [0.29, 0.717) is 24.3 Å². The molecule has 7 heteroatoms. The Labute approximate surface area is 169 Å². The fourth-order valence-corrected chi connectivity index (χ4v) is 5.45. The maximum absolute atomic E-state index is 13.0. The number of carbonyl (C=O) groups is 1. The van der Waals surface area contributed by atoms with Crippen molar-refractivity contribution in [1.29, 1.82) is 0 Å². The van der Waals surface area contributed by atoms with Gasteiger partial charge in [-0.1, -0.05) is 40.5 Å². The minimum absolute atomic E-state index is 0.182. The third-order valence-electron chi connectivity index (χ3n) is 4.66. The molecular formula is C20H23BrN2O3S. The number of benzene rings is 2. The Morgan fingerprint density at radius 2 is 1.85 bits per heavy atom. The van der Waals surface area contributed by atoms with Gasteiger partial charge in [0.05, 0.1) is 11.3 Å². The van der Waals surface area contributed by atoms with Crippen LogP contribution in [0.5, 0.6) is 0 Å². The van der Waals surface area contributed by atoms with Crippen molar-refractivity contribution in [2.24, 2.45) is 0 Å². The fourth-order valence-electron chi connectivity index (χ4n) is 3.24. The summed E-state index contributed by atoms with van der Waals surface area (Å²) in [5.41, 5.74) is 2.07. The molecule has 1 fully saturated rings. The minimum atomic E-state index is -3.54. The largest absolute Gasteiger partial charge is 0.326 e. The van der Waals surface area contributed by atoms with E-state index in [2.05, 4.69) is 21.2 Å². The van der Waals surface area contributed by atoms with Gasteiger partial charge in [-0.25, -0.2) is 8.42 Å². The summed E-state index contributed by atoms with van der Waals surface area (Å²) in [6.45, 7) is 2.90. The SMILES string of the molecule is Cc1ccc(NC(=O)Cc2cccc(Br)c2)cc1S(=O)(=O)N1CCCCC1. The lowest BCUT2D eigenvalue weighted by molar-refractivity contribution is -0.115. The predicted molar refractivity (Wildman–Crippen MR) is 110 cm³/mol. The van der Waals surface area contributed by atoms with Crippen molar-refractivity contribution < 1.29 is 13.2 Å². The number of sulfonamides is 1. The van der Waals surface area contributed by atoms with Gasteiger partial charge in [0.2, 0.25) is 15.9 Å². The molecule has 0 atom stereocenters. The van der Waals surface area contributed by atoms with Crippen LogP contribution in [0.4, 0.5) is 5.69 Å². The van der Waals surface area contributed by atoms with Crippen LogP contribution in [0, 0.1) is 6.92 Å². The van der Waals surface area contributed by atoms with Crippen molar-refractivity contribution >= 4 is 37.5 Å². The Kier molecular flexibility index (Phi) is 6.34. The molecule has 0 aromatic heterocycles. The summed E-state index contributed by atoms with van der Waals surface area (Å²) in [6, 6.07) is 12.6. The summed E-state index contributed by atoms with van der Waals surface area (Å²) in [7, 11) is -3.54. The van der Waals surface area contributed by atoms with Gasteiger partial charge in [0, 0.05) is 23.2 Å². The zero-order valence-electron chi connectivity index (χ0n) is 15.2. The van der Waals surface area contributed by atoms with Crippen LogP contribution in [-0.4, -0.2) is 31.7 Å². The molecule has 1 heterocycles. The van der Waals surface area contributed by atoms with Gasteiger partial charge in [-0.05, 0) is 55.2 Å². The van der Waals surface area contributed by atoms with E-state index in [1.807, 2.05) is 24.3 Å². The normalized spacial score (nSPS) is 15.5. The Morgan fingerprint density at radius 1 is 1.11 bits per heavy atom. The molecule has 0 spiro atoms. The molecule has 0 radical (unpaired) electrons. The molecule has 27 heavy (non-hydrogen) atoms. The molecule has 5 nitrogen and oxygen atoms in total. The fraction of sp³-hybridized carbons (Fsp3) is 0.350. The Balaban J connectivity index is 1.77. The van der Waals surface area contributed by atoms with E-state index in [9.17, 15) is 13.2 Å². The van der Waals surface area contributed by atoms with Crippen molar-refractivity contribution in [1.82, 2.24) is 4.31 Å². The number of anilines is 1. The number of aryl methyl sites for hydroxylation is 1. The lowest BCUT2D eigenvalue weighted by atomic mass is 10.1. The molecule has 3 rings (SSSR count). The average Bonchev–Trinajstić information content (AvgIpc) is 2.64. The zero-order chi connectivity index (χ0) is 19.4. The Bertz CT molecular complexity index is 938. The van der Waals surface area contributed by atoms with Crippen molar-refractivity contribution in [2.45, 2.75) is 37.5 Å². The van der Waals surface area contributed by atoms with Crippen LogP contribution in [0.25, 0.3) is 0 Å². The first-order chi connectivity index (χ1) is 12.9. The standard InChI is InChI=1S/C20H23BrN2O3S/c1-15-8-9-18(22-20(24)13-16-6-5-7-17(21)12-16)14-19(15)27(25,26)23-10-3-2-4-11-23/h5-9,12,14H,2-4,10-11,13H2,1H3,(H,22,24). The summed E-state index contributed by atoms with van der Waals surface area (Å²) < 4.78 is 28.4. The average molecular weight is 451 g/mol. The number of rotatable bonds is 5. The van der Waals surface area contributed by atoms with Gasteiger partial charge < -0.3 is 5.32 Å². The monoisotopic (exact) mass is 450 g/mol. The second-order valence-corrected chi connectivity index (χ2v) is 9.62. The second-order valence-electron chi connectivity index (χ2n) is 6.80. The summed E-state index contributed by atoms with van der Waals surface area (Å²) in [4.78, 5) is 12.6. The van der Waals surface area contributed by atoms with E-state index >= 15 is 0 Å². The zero-order valence-corrected chi connectivity index (χ0v) is 17.6. The van der Waals surface area contributed by atoms with Crippen molar-refractivity contribution in [3.05, 3.63) is 58.1 Å². The summed E-state index contributed by atoms with van der Waals surface area (Å²) >= 11 is 3.39. The Hall–Kier alpha value is -1.70. The first-order valence-corrected chi connectivity index (χ1v) is 11.2. The van der Waals surface area contributed by atoms with Gasteiger partial charge in [0.15, 0.2) is 0 Å². The molecule has 1 aliphatic heterocycles. The highest BCUT2D eigenvalue weighted by molar-refractivity contribution is 9.10. The van der Waals surface area contributed by atoms with E-state index < -0.39 is 10.0 Å². The molecule has 144 valence electrons. The topological polar surface area (TPSA) is 66.5 Å². The van der Waals surface area contributed by atoms with Gasteiger partial charge in [-0.15, -0.1) is 0 Å². The van der Waals surface area contributed by atoms with Crippen LogP contribution in [-0.2, 0) is 21.2 Å². The van der Waals surface area contributed by atoms with Gasteiger partial charge in [-0.2, -0.15) is 4.31 Å².